The van der Waals surface area contributed by atoms with Crippen molar-refractivity contribution in [3.05, 3.63) is 83.1 Å². The number of rotatable bonds is 13. The van der Waals surface area contributed by atoms with Crippen molar-refractivity contribution in [1.29, 1.82) is 0 Å². The van der Waals surface area contributed by atoms with Crippen LogP contribution in [0.3, 0.4) is 0 Å². The Labute approximate surface area is 244 Å². The number of ether oxygens (including phenoxy) is 2. The summed E-state index contributed by atoms with van der Waals surface area (Å²) in [7, 11) is -1.59. The molecule has 2 amide bonds. The van der Waals surface area contributed by atoms with Gasteiger partial charge in [0.1, 0.15) is 18.4 Å². The number of carbonyl (C=O) groups is 2. The minimum atomic E-state index is -4.38. The topological polar surface area (TPSA) is 105 Å². The highest BCUT2D eigenvalue weighted by Crippen LogP contribution is 2.32. The molecule has 0 saturated heterocycles. The van der Waals surface area contributed by atoms with E-state index in [0.29, 0.717) is 29.3 Å². The molecule has 9 nitrogen and oxygen atoms in total. The fourth-order valence-corrected chi connectivity index (χ4v) is 5.56. The van der Waals surface area contributed by atoms with E-state index in [4.69, 9.17) is 21.1 Å². The van der Waals surface area contributed by atoms with Crippen LogP contribution in [-0.4, -0.2) is 58.5 Å². The van der Waals surface area contributed by atoms with Crippen LogP contribution in [0.4, 0.5) is 10.1 Å². The number of nitrogens with zero attached hydrogens (tertiary/aromatic N) is 2. The van der Waals surface area contributed by atoms with Crippen molar-refractivity contribution >= 4 is 39.1 Å². The van der Waals surface area contributed by atoms with Gasteiger partial charge in [0, 0.05) is 24.2 Å². The molecule has 0 spiro atoms. The molecular weight excluding hydrogens is 573 g/mol. The third-order valence-electron chi connectivity index (χ3n) is 6.32. The van der Waals surface area contributed by atoms with Gasteiger partial charge in [-0.05, 0) is 67.4 Å². The molecule has 0 aromatic heterocycles. The molecule has 0 aliphatic heterocycles. The van der Waals surface area contributed by atoms with Gasteiger partial charge in [-0.3, -0.25) is 13.9 Å². The van der Waals surface area contributed by atoms with E-state index in [9.17, 15) is 22.4 Å². The smallest absolute Gasteiger partial charge is 0.264 e. The molecule has 0 saturated carbocycles. The van der Waals surface area contributed by atoms with Crippen molar-refractivity contribution in [2.24, 2.45) is 0 Å². The highest BCUT2D eigenvalue weighted by atomic mass is 35.5. The van der Waals surface area contributed by atoms with Crippen molar-refractivity contribution in [2.45, 2.75) is 37.8 Å². The number of hydrogen-bond acceptors (Lipinski definition) is 6. The Bertz CT molecular complexity index is 1450. The van der Waals surface area contributed by atoms with Crippen molar-refractivity contribution in [1.82, 2.24) is 10.2 Å². The predicted molar refractivity (Wildman–Crippen MR) is 155 cm³/mol. The molecule has 41 heavy (non-hydrogen) atoms. The number of halogens is 2. The molecule has 0 aliphatic carbocycles. The highest BCUT2D eigenvalue weighted by Gasteiger charge is 2.33. The lowest BCUT2D eigenvalue weighted by Crippen LogP contribution is -2.51. The maximum atomic E-state index is 14.0. The summed E-state index contributed by atoms with van der Waals surface area (Å²) in [6.45, 7) is 3.25. The van der Waals surface area contributed by atoms with Gasteiger partial charge < -0.3 is 19.7 Å². The third-order valence-corrected chi connectivity index (χ3v) is 8.34. The minimum Gasteiger partial charge on any atom is -0.493 e. The zero-order chi connectivity index (χ0) is 30.2. The predicted octanol–water partition coefficient (Wildman–Crippen LogP) is 4.64. The van der Waals surface area contributed by atoms with Gasteiger partial charge in [-0.2, -0.15) is 0 Å². The SMILES string of the molecule is CCCNC(=O)[C@@H](C)N(Cc1ccc(Cl)cc1)C(=O)CN(c1ccc(F)cc1)S(=O)(=O)c1ccc(OC)c(OC)c1. The van der Waals surface area contributed by atoms with E-state index in [1.54, 1.807) is 31.2 Å². The Hall–Kier alpha value is -3.83. The number of nitrogens with one attached hydrogen (secondary N) is 1. The van der Waals surface area contributed by atoms with Crippen molar-refractivity contribution in [3.8, 4) is 11.5 Å². The number of hydrogen-bond donors (Lipinski definition) is 1. The number of benzene rings is 3. The molecule has 3 rings (SSSR count). The number of sulfonamides is 1. The molecule has 3 aromatic carbocycles. The molecule has 12 heteroatoms. The first-order valence-corrected chi connectivity index (χ1v) is 14.7. The first-order chi connectivity index (χ1) is 19.5. The van der Waals surface area contributed by atoms with Gasteiger partial charge in [-0.15, -0.1) is 0 Å². The van der Waals surface area contributed by atoms with Gasteiger partial charge in [-0.25, -0.2) is 12.8 Å². The van der Waals surface area contributed by atoms with Crippen LogP contribution in [0.1, 0.15) is 25.8 Å². The van der Waals surface area contributed by atoms with E-state index >= 15 is 0 Å². The lowest BCUT2D eigenvalue weighted by atomic mass is 10.1. The van der Waals surface area contributed by atoms with Crippen LogP contribution < -0.4 is 19.1 Å². The largest absolute Gasteiger partial charge is 0.493 e. The molecule has 3 aromatic rings. The van der Waals surface area contributed by atoms with Crippen LogP contribution in [0, 0.1) is 5.82 Å². The maximum absolute atomic E-state index is 14.0. The average molecular weight is 606 g/mol. The molecule has 0 bridgehead atoms. The molecule has 0 radical (unpaired) electrons. The highest BCUT2D eigenvalue weighted by molar-refractivity contribution is 7.92. The second-order valence-corrected chi connectivity index (χ2v) is 11.4. The van der Waals surface area contributed by atoms with Gasteiger partial charge in [-0.1, -0.05) is 30.7 Å². The Balaban J connectivity index is 2.05. The molecule has 0 fully saturated rings. The van der Waals surface area contributed by atoms with E-state index in [1.165, 1.54) is 49.5 Å². The Morgan fingerprint density at radius 1 is 0.976 bits per heavy atom. The summed E-state index contributed by atoms with van der Waals surface area (Å²) in [5, 5.41) is 3.28. The van der Waals surface area contributed by atoms with Gasteiger partial charge in [0.2, 0.25) is 11.8 Å². The molecule has 1 atom stereocenters. The summed E-state index contributed by atoms with van der Waals surface area (Å²) in [4.78, 5) is 27.9. The van der Waals surface area contributed by atoms with Gasteiger partial charge in [0.05, 0.1) is 24.8 Å². The fourth-order valence-electron chi connectivity index (χ4n) is 4.01. The van der Waals surface area contributed by atoms with E-state index in [2.05, 4.69) is 5.32 Å². The summed E-state index contributed by atoms with van der Waals surface area (Å²) in [6.07, 6.45) is 0.700. The van der Waals surface area contributed by atoms with Crippen LogP contribution >= 0.6 is 11.6 Å². The minimum absolute atomic E-state index is 0.0182. The number of methoxy groups -OCH3 is 2. The first kappa shape index (κ1) is 31.7. The Morgan fingerprint density at radius 3 is 2.20 bits per heavy atom. The first-order valence-electron chi connectivity index (χ1n) is 12.8. The van der Waals surface area contributed by atoms with E-state index in [-0.39, 0.29) is 28.8 Å². The fraction of sp³-hybridized carbons (Fsp3) is 0.310. The van der Waals surface area contributed by atoms with Crippen LogP contribution in [0.15, 0.2) is 71.6 Å². The standard InChI is InChI=1S/C29H33ClFN3O6S/c1-5-16-32-29(36)20(2)33(18-21-6-8-22(30)9-7-21)28(35)19-34(24-12-10-23(31)11-13-24)41(37,38)25-14-15-26(39-3)27(17-25)40-4/h6-15,17,20H,5,16,18-19H2,1-4H3,(H,32,36)/t20-/m1/s1. The molecule has 0 unspecified atom stereocenters. The van der Waals surface area contributed by atoms with Crippen LogP contribution in [0.25, 0.3) is 0 Å². The zero-order valence-corrected chi connectivity index (χ0v) is 24.8. The van der Waals surface area contributed by atoms with Gasteiger partial charge >= 0.3 is 0 Å². The van der Waals surface area contributed by atoms with Crippen LogP contribution in [0.2, 0.25) is 5.02 Å². The summed E-state index contributed by atoms with van der Waals surface area (Å²) >= 11 is 6.02. The van der Waals surface area contributed by atoms with E-state index in [1.807, 2.05) is 6.92 Å². The van der Waals surface area contributed by atoms with Gasteiger partial charge in [0.25, 0.3) is 10.0 Å². The maximum Gasteiger partial charge on any atom is 0.264 e. The lowest BCUT2D eigenvalue weighted by Gasteiger charge is -2.32. The van der Waals surface area contributed by atoms with Crippen molar-refractivity contribution in [2.75, 3.05) is 31.6 Å². The lowest BCUT2D eigenvalue weighted by molar-refractivity contribution is -0.139. The second kappa shape index (κ2) is 14.2. The van der Waals surface area contributed by atoms with Crippen LogP contribution in [0.5, 0.6) is 11.5 Å². The van der Waals surface area contributed by atoms with Gasteiger partial charge in [0.15, 0.2) is 11.5 Å². The second-order valence-electron chi connectivity index (χ2n) is 9.12. The summed E-state index contributed by atoms with van der Waals surface area (Å²) in [5.41, 5.74) is 0.748. The Kier molecular flexibility index (Phi) is 11.0. The summed E-state index contributed by atoms with van der Waals surface area (Å²) < 4.78 is 53.1. The molecule has 0 heterocycles. The summed E-state index contributed by atoms with van der Waals surface area (Å²) in [6, 6.07) is 14.6. The van der Waals surface area contributed by atoms with Crippen molar-refractivity contribution in [3.63, 3.8) is 0 Å². The zero-order valence-electron chi connectivity index (χ0n) is 23.3. The average Bonchev–Trinajstić information content (AvgIpc) is 2.97. The third kappa shape index (κ3) is 7.89. The van der Waals surface area contributed by atoms with Crippen LogP contribution in [-0.2, 0) is 26.2 Å². The molecular formula is C29H33ClFN3O6S. The quantitative estimate of drug-likeness (QED) is 0.304. The molecule has 220 valence electrons. The Morgan fingerprint density at radius 2 is 1.61 bits per heavy atom. The number of amides is 2. The number of carbonyl (C=O) groups excluding carboxylic acids is 2. The molecule has 0 aliphatic rings. The van der Waals surface area contributed by atoms with Crippen molar-refractivity contribution < 1.29 is 31.9 Å². The molecule has 1 N–H and O–H groups in total. The van der Waals surface area contributed by atoms with E-state index < -0.39 is 34.3 Å². The summed E-state index contributed by atoms with van der Waals surface area (Å²) in [5.74, 6) is -1.12. The number of anilines is 1. The van der Waals surface area contributed by atoms with E-state index in [0.717, 1.165) is 16.4 Å². The monoisotopic (exact) mass is 605 g/mol. The normalized spacial score (nSPS) is 11.9.